The second kappa shape index (κ2) is 9.09. The first-order valence-electron chi connectivity index (χ1n) is 10.3. The maximum atomic E-state index is 12.8. The summed E-state index contributed by atoms with van der Waals surface area (Å²) in [5.74, 6) is 0.195. The maximum absolute atomic E-state index is 12.8. The third kappa shape index (κ3) is 4.97. The van der Waals surface area contributed by atoms with Crippen LogP contribution in [0.5, 0.6) is 0 Å². The number of hydrogen-bond donors (Lipinski definition) is 2. The van der Waals surface area contributed by atoms with Gasteiger partial charge in [0, 0.05) is 12.1 Å². The number of nitrogens with one attached hydrogen (secondary N) is 1. The lowest BCUT2D eigenvalue weighted by Crippen LogP contribution is -2.40. The Kier molecular flexibility index (Phi) is 6.08. The van der Waals surface area contributed by atoms with E-state index in [0.717, 1.165) is 24.9 Å². The van der Waals surface area contributed by atoms with Crippen LogP contribution in [0.15, 0.2) is 53.1 Å². The molecule has 0 bridgehead atoms. The predicted molar refractivity (Wildman–Crippen MR) is 116 cm³/mol. The van der Waals surface area contributed by atoms with Gasteiger partial charge in [0.1, 0.15) is 0 Å². The Morgan fingerprint density at radius 1 is 1.19 bits per heavy atom. The van der Waals surface area contributed by atoms with Gasteiger partial charge in [0.15, 0.2) is 0 Å². The first kappa shape index (κ1) is 20.7. The summed E-state index contributed by atoms with van der Waals surface area (Å²) in [7, 11) is 0. The van der Waals surface area contributed by atoms with E-state index in [2.05, 4.69) is 20.4 Å². The number of amides is 2. The summed E-state index contributed by atoms with van der Waals surface area (Å²) in [6, 6.07) is 14.7. The van der Waals surface area contributed by atoms with E-state index in [1.54, 1.807) is 24.3 Å². The van der Waals surface area contributed by atoms with Gasteiger partial charge in [-0.25, -0.2) is 0 Å². The van der Waals surface area contributed by atoms with Crippen LogP contribution in [-0.4, -0.2) is 39.9 Å². The highest BCUT2D eigenvalue weighted by Gasteiger charge is 2.27. The Morgan fingerprint density at radius 3 is 2.74 bits per heavy atom. The molecule has 31 heavy (non-hydrogen) atoms. The molecule has 2 amide bonds. The lowest BCUT2D eigenvalue weighted by Gasteiger charge is -2.31. The van der Waals surface area contributed by atoms with Crippen molar-refractivity contribution in [3.8, 4) is 11.4 Å². The normalized spacial score (nSPS) is 16.7. The summed E-state index contributed by atoms with van der Waals surface area (Å²) < 4.78 is 5.43. The number of benzene rings is 2. The van der Waals surface area contributed by atoms with E-state index in [-0.39, 0.29) is 11.8 Å². The Labute approximate surface area is 180 Å². The molecule has 1 saturated heterocycles. The number of piperidine rings is 1. The average Bonchev–Trinajstić information content (AvgIpc) is 3.23. The van der Waals surface area contributed by atoms with Crippen molar-refractivity contribution in [3.05, 3.63) is 65.5 Å². The molecule has 160 valence electrons. The molecule has 1 aromatic heterocycles. The number of aromatic nitrogens is 2. The number of carbonyl (C=O) groups is 2. The quantitative estimate of drug-likeness (QED) is 0.635. The zero-order chi connectivity index (χ0) is 21.8. The molecule has 2 heterocycles. The van der Waals surface area contributed by atoms with Gasteiger partial charge in [-0.3, -0.25) is 14.5 Å². The van der Waals surface area contributed by atoms with Crippen molar-refractivity contribution in [2.45, 2.75) is 26.3 Å². The van der Waals surface area contributed by atoms with E-state index in [0.29, 0.717) is 36.1 Å². The van der Waals surface area contributed by atoms with Crippen LogP contribution in [0.25, 0.3) is 11.4 Å². The summed E-state index contributed by atoms with van der Waals surface area (Å²) in [6.07, 6.45) is 1.66. The maximum Gasteiger partial charge on any atom is 0.250 e. The number of likely N-dealkylation sites (tertiary alicyclic amines) is 1. The van der Waals surface area contributed by atoms with Gasteiger partial charge in [-0.1, -0.05) is 47.1 Å². The molecule has 1 aliphatic heterocycles. The molecular formula is C23H25N5O3. The summed E-state index contributed by atoms with van der Waals surface area (Å²) >= 11 is 0. The number of anilines is 1. The second-order valence-electron chi connectivity index (χ2n) is 7.85. The van der Waals surface area contributed by atoms with Crippen LogP contribution in [-0.2, 0) is 11.3 Å². The van der Waals surface area contributed by atoms with Crippen molar-refractivity contribution >= 4 is 17.5 Å². The van der Waals surface area contributed by atoms with Crippen molar-refractivity contribution in [2.75, 3.05) is 18.4 Å². The van der Waals surface area contributed by atoms with Gasteiger partial charge >= 0.3 is 0 Å². The van der Waals surface area contributed by atoms with Gasteiger partial charge in [0.25, 0.3) is 5.91 Å². The molecule has 1 atom stereocenters. The van der Waals surface area contributed by atoms with E-state index in [4.69, 9.17) is 10.3 Å². The fraction of sp³-hybridized carbons (Fsp3) is 0.304. The minimum atomic E-state index is -0.568. The molecular weight excluding hydrogens is 394 g/mol. The Bertz CT molecular complexity index is 1080. The number of para-hydroxylation sites is 1. The first-order valence-corrected chi connectivity index (χ1v) is 10.3. The summed E-state index contributed by atoms with van der Waals surface area (Å²) in [4.78, 5) is 31.1. The minimum absolute atomic E-state index is 0.121. The number of nitrogens with two attached hydrogens (primary N) is 1. The molecule has 0 saturated carbocycles. The van der Waals surface area contributed by atoms with Crippen LogP contribution in [0.1, 0.15) is 34.7 Å². The number of rotatable bonds is 6. The summed E-state index contributed by atoms with van der Waals surface area (Å²) in [6.45, 7) is 3.94. The third-order valence-corrected chi connectivity index (χ3v) is 5.46. The number of aryl methyl sites for hydroxylation is 1. The average molecular weight is 419 g/mol. The number of hydrogen-bond acceptors (Lipinski definition) is 6. The van der Waals surface area contributed by atoms with E-state index >= 15 is 0 Å². The van der Waals surface area contributed by atoms with Gasteiger partial charge in [0.2, 0.25) is 17.6 Å². The largest absolute Gasteiger partial charge is 0.366 e. The Hall–Kier alpha value is -3.52. The summed E-state index contributed by atoms with van der Waals surface area (Å²) in [5, 5.41) is 6.94. The van der Waals surface area contributed by atoms with Crippen LogP contribution in [0.4, 0.5) is 5.69 Å². The zero-order valence-corrected chi connectivity index (χ0v) is 17.4. The van der Waals surface area contributed by atoms with E-state index < -0.39 is 5.91 Å². The topological polar surface area (TPSA) is 114 Å². The minimum Gasteiger partial charge on any atom is -0.366 e. The van der Waals surface area contributed by atoms with E-state index in [1.165, 1.54) is 5.56 Å². The van der Waals surface area contributed by atoms with Crippen LogP contribution >= 0.6 is 0 Å². The zero-order valence-electron chi connectivity index (χ0n) is 17.4. The molecule has 1 unspecified atom stereocenters. The van der Waals surface area contributed by atoms with Crippen molar-refractivity contribution < 1.29 is 14.1 Å². The second-order valence-corrected chi connectivity index (χ2v) is 7.85. The predicted octanol–water partition coefficient (Wildman–Crippen LogP) is 2.99. The third-order valence-electron chi connectivity index (χ3n) is 5.46. The number of carbonyl (C=O) groups excluding carboxylic acids is 2. The Balaban J connectivity index is 1.38. The highest BCUT2D eigenvalue weighted by Crippen LogP contribution is 2.23. The molecule has 8 heteroatoms. The van der Waals surface area contributed by atoms with Gasteiger partial charge in [-0.15, -0.1) is 0 Å². The number of nitrogens with zero attached hydrogens (tertiary/aromatic N) is 3. The SMILES string of the molecule is Cc1ccc(-c2noc(CN3CCCC(C(=O)Nc4ccccc4C(N)=O)C3)n2)cc1. The molecule has 2 aromatic carbocycles. The standard InChI is InChI=1S/C23H25N5O3/c1-15-8-10-16(11-9-15)22-26-20(31-27-22)14-28-12-4-5-17(13-28)23(30)25-19-7-3-2-6-18(19)21(24)29/h2-3,6-11,17H,4-5,12-14H2,1H3,(H2,24,29)(H,25,30). The fourth-order valence-corrected chi connectivity index (χ4v) is 3.79. The van der Waals surface area contributed by atoms with Crippen LogP contribution in [0, 0.1) is 12.8 Å². The van der Waals surface area contributed by atoms with Gasteiger partial charge in [0.05, 0.1) is 23.7 Å². The fourth-order valence-electron chi connectivity index (χ4n) is 3.79. The Morgan fingerprint density at radius 2 is 1.97 bits per heavy atom. The van der Waals surface area contributed by atoms with Gasteiger partial charge < -0.3 is 15.6 Å². The first-order chi connectivity index (χ1) is 15.0. The van der Waals surface area contributed by atoms with E-state index in [9.17, 15) is 9.59 Å². The molecule has 1 aliphatic rings. The van der Waals surface area contributed by atoms with Gasteiger partial charge in [-0.05, 0) is 38.4 Å². The smallest absolute Gasteiger partial charge is 0.250 e. The molecule has 0 spiro atoms. The van der Waals surface area contributed by atoms with Crippen LogP contribution in [0.2, 0.25) is 0 Å². The molecule has 3 aromatic rings. The van der Waals surface area contributed by atoms with Gasteiger partial charge in [-0.2, -0.15) is 4.98 Å². The molecule has 8 nitrogen and oxygen atoms in total. The highest BCUT2D eigenvalue weighted by molar-refractivity contribution is 6.03. The molecule has 3 N–H and O–H groups in total. The van der Waals surface area contributed by atoms with Crippen molar-refractivity contribution in [1.82, 2.24) is 15.0 Å². The lowest BCUT2D eigenvalue weighted by molar-refractivity contribution is -0.121. The van der Waals surface area contributed by atoms with Crippen molar-refractivity contribution in [2.24, 2.45) is 11.7 Å². The molecule has 1 fully saturated rings. The molecule has 0 radical (unpaired) electrons. The number of primary amides is 1. The van der Waals surface area contributed by atoms with Crippen LogP contribution < -0.4 is 11.1 Å². The van der Waals surface area contributed by atoms with Crippen LogP contribution in [0.3, 0.4) is 0 Å². The van der Waals surface area contributed by atoms with E-state index in [1.807, 2.05) is 31.2 Å². The highest BCUT2D eigenvalue weighted by atomic mass is 16.5. The summed E-state index contributed by atoms with van der Waals surface area (Å²) in [5.41, 5.74) is 8.23. The van der Waals surface area contributed by atoms with Crippen molar-refractivity contribution in [1.29, 1.82) is 0 Å². The monoisotopic (exact) mass is 419 g/mol. The molecule has 4 rings (SSSR count). The van der Waals surface area contributed by atoms with Crippen molar-refractivity contribution in [3.63, 3.8) is 0 Å². The lowest BCUT2D eigenvalue weighted by atomic mass is 9.97. The molecule has 0 aliphatic carbocycles.